The van der Waals surface area contributed by atoms with Crippen molar-refractivity contribution in [2.24, 2.45) is 5.10 Å². The Labute approximate surface area is 216 Å². The van der Waals surface area contributed by atoms with Crippen LogP contribution in [0.15, 0.2) is 41.5 Å². The lowest BCUT2D eigenvalue weighted by Gasteiger charge is -2.13. The van der Waals surface area contributed by atoms with Crippen molar-refractivity contribution in [1.82, 2.24) is 4.57 Å². The summed E-state index contributed by atoms with van der Waals surface area (Å²) in [7, 11) is 0. The van der Waals surface area contributed by atoms with Crippen LogP contribution < -0.4 is 5.43 Å². The van der Waals surface area contributed by atoms with Crippen molar-refractivity contribution >= 4 is 46.0 Å². The van der Waals surface area contributed by atoms with E-state index in [4.69, 9.17) is 23.2 Å². The molecule has 4 aromatic rings. The number of fused-ring (bicyclic) bond motifs is 1. The van der Waals surface area contributed by atoms with Gasteiger partial charge in [-0.15, -0.1) is 0 Å². The lowest BCUT2D eigenvalue weighted by Crippen LogP contribution is -2.16. The maximum atomic E-state index is 14.2. The SMILES string of the molecule is Cc1ccc2c(c1)c(/C=N/Nc1c(F)c(F)c(C(F)(F)F)c(F)c1F)c(C)n2Cc1ccc(Cl)c(Cl)c1. The number of hydrogen-bond donors (Lipinski definition) is 1. The largest absolute Gasteiger partial charge is 0.422 e. The first-order chi connectivity index (χ1) is 17.3. The lowest BCUT2D eigenvalue weighted by molar-refractivity contribution is -0.143. The van der Waals surface area contributed by atoms with E-state index in [1.165, 1.54) is 0 Å². The van der Waals surface area contributed by atoms with Crippen LogP contribution in [0.25, 0.3) is 10.9 Å². The monoisotopic (exact) mass is 561 g/mol. The number of aryl methyl sites for hydroxylation is 1. The molecule has 0 unspecified atom stereocenters. The van der Waals surface area contributed by atoms with Crippen molar-refractivity contribution < 1.29 is 30.7 Å². The fourth-order valence-corrected chi connectivity index (χ4v) is 4.27. The van der Waals surface area contributed by atoms with Crippen molar-refractivity contribution in [3.05, 3.63) is 97.7 Å². The first kappa shape index (κ1) is 26.8. The standard InChI is InChI=1S/C25H16Cl2F7N3/c1-11-3-6-18-14(7-11)15(12(2)37(18)10-13-4-5-16(26)17(27)8-13)9-35-36-24-22(30)20(28)19(25(32,33)34)21(29)23(24)31/h3-9,36H,10H2,1-2H3/b35-9+. The molecule has 0 amide bonds. The van der Waals surface area contributed by atoms with Crippen LogP contribution in [0.3, 0.4) is 0 Å². The molecule has 0 atom stereocenters. The van der Waals surface area contributed by atoms with Crippen molar-refractivity contribution in [2.45, 2.75) is 26.6 Å². The molecule has 4 rings (SSSR count). The molecule has 0 saturated carbocycles. The summed E-state index contributed by atoms with van der Waals surface area (Å²) in [5.41, 5.74) is 1.32. The highest BCUT2D eigenvalue weighted by molar-refractivity contribution is 6.42. The van der Waals surface area contributed by atoms with Gasteiger partial charge < -0.3 is 4.57 Å². The molecule has 12 heteroatoms. The molecule has 3 nitrogen and oxygen atoms in total. The molecule has 1 aromatic heterocycles. The van der Waals surface area contributed by atoms with Crippen LogP contribution in [0.4, 0.5) is 36.4 Å². The number of hydrogen-bond acceptors (Lipinski definition) is 2. The number of nitrogens with zero attached hydrogens (tertiary/aromatic N) is 2. The predicted octanol–water partition coefficient (Wildman–Crippen LogP) is 8.63. The highest BCUT2D eigenvalue weighted by atomic mass is 35.5. The van der Waals surface area contributed by atoms with Gasteiger partial charge in [-0.25, -0.2) is 17.6 Å². The molecule has 0 bridgehead atoms. The Morgan fingerprint density at radius 2 is 1.54 bits per heavy atom. The minimum Gasteiger partial charge on any atom is -0.340 e. The fraction of sp³-hybridized carbons (Fsp3) is 0.160. The minimum atomic E-state index is -5.64. The van der Waals surface area contributed by atoms with Crippen LogP contribution in [0, 0.1) is 37.1 Å². The second-order valence-electron chi connectivity index (χ2n) is 8.23. The minimum absolute atomic E-state index is 0.371. The Morgan fingerprint density at radius 1 is 0.892 bits per heavy atom. The molecular formula is C25H16Cl2F7N3. The molecule has 0 aliphatic heterocycles. The number of rotatable bonds is 5. The Morgan fingerprint density at radius 3 is 2.14 bits per heavy atom. The van der Waals surface area contributed by atoms with E-state index in [0.717, 1.165) is 22.9 Å². The van der Waals surface area contributed by atoms with Crippen molar-refractivity contribution in [3.63, 3.8) is 0 Å². The van der Waals surface area contributed by atoms with Gasteiger partial charge in [0.05, 0.1) is 16.3 Å². The topological polar surface area (TPSA) is 29.3 Å². The summed E-state index contributed by atoms with van der Waals surface area (Å²) in [5, 5.41) is 5.14. The van der Waals surface area contributed by atoms with Gasteiger partial charge in [0.15, 0.2) is 23.3 Å². The molecule has 0 fully saturated rings. The van der Waals surface area contributed by atoms with Gasteiger partial charge in [-0.1, -0.05) is 40.9 Å². The Kier molecular flexibility index (Phi) is 7.18. The predicted molar refractivity (Wildman–Crippen MR) is 129 cm³/mol. The normalized spacial score (nSPS) is 12.2. The van der Waals surface area contributed by atoms with Crippen LogP contribution in [-0.4, -0.2) is 10.8 Å². The first-order valence-electron chi connectivity index (χ1n) is 10.6. The van der Waals surface area contributed by atoms with E-state index in [-0.39, 0.29) is 0 Å². The van der Waals surface area contributed by atoms with E-state index in [2.05, 4.69) is 5.10 Å². The van der Waals surface area contributed by atoms with Gasteiger partial charge in [-0.2, -0.15) is 18.3 Å². The zero-order chi connectivity index (χ0) is 27.2. The molecule has 0 aliphatic carbocycles. The molecule has 0 radical (unpaired) electrons. The number of hydrazone groups is 1. The zero-order valence-electron chi connectivity index (χ0n) is 19.0. The highest BCUT2D eigenvalue weighted by Gasteiger charge is 2.42. The van der Waals surface area contributed by atoms with E-state index in [9.17, 15) is 30.7 Å². The van der Waals surface area contributed by atoms with E-state index < -0.39 is 40.7 Å². The van der Waals surface area contributed by atoms with Gasteiger partial charge in [0, 0.05) is 28.7 Å². The summed E-state index contributed by atoms with van der Waals surface area (Å²) >= 11 is 12.1. The van der Waals surface area contributed by atoms with Crippen LogP contribution in [0.2, 0.25) is 10.0 Å². The third kappa shape index (κ3) is 5.00. The molecule has 0 saturated heterocycles. The van der Waals surface area contributed by atoms with Crippen molar-refractivity contribution in [2.75, 3.05) is 5.43 Å². The average molecular weight is 562 g/mol. The smallest absolute Gasteiger partial charge is 0.340 e. The zero-order valence-corrected chi connectivity index (χ0v) is 20.6. The highest BCUT2D eigenvalue weighted by Crippen LogP contribution is 2.38. The molecule has 3 aromatic carbocycles. The number of nitrogens with one attached hydrogen (secondary N) is 1. The number of aromatic nitrogens is 1. The van der Waals surface area contributed by atoms with Gasteiger partial charge in [-0.05, 0) is 43.7 Å². The maximum absolute atomic E-state index is 14.2. The Hall–Kier alpha value is -3.24. The summed E-state index contributed by atoms with van der Waals surface area (Å²) in [4.78, 5) is 0. The van der Waals surface area contributed by atoms with E-state index >= 15 is 0 Å². The lowest BCUT2D eigenvalue weighted by atomic mass is 10.1. The van der Waals surface area contributed by atoms with E-state index in [1.807, 2.05) is 29.7 Å². The average Bonchev–Trinajstić information content (AvgIpc) is 3.06. The summed E-state index contributed by atoms with van der Waals surface area (Å²) in [6, 6.07) is 10.7. The molecule has 0 spiro atoms. The summed E-state index contributed by atoms with van der Waals surface area (Å²) in [6.07, 6.45) is -4.47. The molecule has 1 heterocycles. The molecule has 37 heavy (non-hydrogen) atoms. The van der Waals surface area contributed by atoms with E-state index in [1.54, 1.807) is 30.5 Å². The fourth-order valence-electron chi connectivity index (χ4n) is 3.95. The van der Waals surface area contributed by atoms with E-state index in [0.29, 0.717) is 33.2 Å². The van der Waals surface area contributed by atoms with Gasteiger partial charge in [-0.3, -0.25) is 5.43 Å². The second kappa shape index (κ2) is 9.90. The number of benzene rings is 3. The molecule has 1 N–H and O–H groups in total. The number of halogens is 9. The van der Waals surface area contributed by atoms with Gasteiger partial charge in [0.2, 0.25) is 0 Å². The van der Waals surface area contributed by atoms with Crippen LogP contribution >= 0.6 is 23.2 Å². The molecular weight excluding hydrogens is 546 g/mol. The Bertz CT molecular complexity index is 1530. The molecule has 194 valence electrons. The summed E-state index contributed by atoms with van der Waals surface area (Å²) in [6.45, 7) is 3.98. The number of anilines is 1. The van der Waals surface area contributed by atoms with Gasteiger partial charge in [0.1, 0.15) is 11.3 Å². The van der Waals surface area contributed by atoms with Crippen molar-refractivity contribution in [1.29, 1.82) is 0 Å². The van der Waals surface area contributed by atoms with Crippen LogP contribution in [-0.2, 0) is 12.7 Å². The van der Waals surface area contributed by atoms with Crippen LogP contribution in [0.5, 0.6) is 0 Å². The number of alkyl halides is 3. The third-order valence-electron chi connectivity index (χ3n) is 5.77. The maximum Gasteiger partial charge on any atom is 0.422 e. The van der Waals surface area contributed by atoms with Gasteiger partial charge in [0.25, 0.3) is 0 Å². The second-order valence-corrected chi connectivity index (χ2v) is 9.04. The quantitative estimate of drug-likeness (QED) is 0.112. The summed E-state index contributed by atoms with van der Waals surface area (Å²) < 4.78 is 96.6. The van der Waals surface area contributed by atoms with Crippen LogP contribution in [0.1, 0.15) is 27.9 Å². The van der Waals surface area contributed by atoms with Crippen molar-refractivity contribution in [3.8, 4) is 0 Å². The first-order valence-corrected chi connectivity index (χ1v) is 11.3. The van der Waals surface area contributed by atoms with Gasteiger partial charge >= 0.3 is 6.18 Å². The Balaban J connectivity index is 1.75. The molecule has 0 aliphatic rings. The summed E-state index contributed by atoms with van der Waals surface area (Å²) in [5.74, 6) is -9.65. The third-order valence-corrected chi connectivity index (χ3v) is 6.51.